The molecular formula is C13H12N4S. The largest absolute Gasteiger partial charge is 0.338 e. The molecule has 0 saturated heterocycles. The number of H-pyrrole nitrogens is 1. The molecule has 0 aliphatic heterocycles. The number of allylic oxidation sites excluding steroid dienone is 1. The Labute approximate surface area is 109 Å². The Bertz CT molecular complexity index is 704. The van der Waals surface area contributed by atoms with E-state index in [1.54, 1.807) is 11.8 Å². The van der Waals surface area contributed by atoms with E-state index in [-0.39, 0.29) is 0 Å². The summed E-state index contributed by atoms with van der Waals surface area (Å²) in [5.74, 6) is 0.927. The van der Waals surface area contributed by atoms with E-state index in [4.69, 9.17) is 0 Å². The van der Waals surface area contributed by atoms with Gasteiger partial charge in [-0.05, 0) is 12.5 Å². The number of nitrogens with zero attached hydrogens (tertiary/aromatic N) is 3. The van der Waals surface area contributed by atoms with Crippen molar-refractivity contribution in [1.29, 1.82) is 0 Å². The number of thioether (sulfide) groups is 1. The minimum atomic E-state index is 0.705. The summed E-state index contributed by atoms with van der Waals surface area (Å²) >= 11 is 1.59. The maximum absolute atomic E-state index is 4.48. The van der Waals surface area contributed by atoms with E-state index in [0.29, 0.717) is 5.16 Å². The van der Waals surface area contributed by atoms with Gasteiger partial charge in [0.15, 0.2) is 5.65 Å². The van der Waals surface area contributed by atoms with Crippen LogP contribution in [-0.2, 0) is 0 Å². The predicted octanol–water partition coefficient (Wildman–Crippen LogP) is 3.17. The first kappa shape index (κ1) is 11.2. The topological polar surface area (TPSA) is 54.5 Å². The van der Waals surface area contributed by atoms with E-state index >= 15 is 0 Å². The lowest BCUT2D eigenvalue weighted by molar-refractivity contribution is 0.877. The van der Waals surface area contributed by atoms with E-state index in [1.165, 1.54) is 0 Å². The van der Waals surface area contributed by atoms with E-state index in [2.05, 4.69) is 26.7 Å². The zero-order valence-electron chi connectivity index (χ0n) is 9.76. The van der Waals surface area contributed by atoms with Crippen LogP contribution in [0.3, 0.4) is 0 Å². The molecule has 0 aliphatic rings. The fourth-order valence-electron chi connectivity index (χ4n) is 1.80. The van der Waals surface area contributed by atoms with Gasteiger partial charge in [0.2, 0.25) is 5.16 Å². The van der Waals surface area contributed by atoms with E-state index in [1.807, 2.05) is 30.3 Å². The highest BCUT2D eigenvalue weighted by Crippen LogP contribution is 2.23. The lowest BCUT2D eigenvalue weighted by Gasteiger charge is -1.96. The van der Waals surface area contributed by atoms with Crippen LogP contribution < -0.4 is 0 Å². The lowest BCUT2D eigenvalue weighted by atomic mass is 10.2. The molecular weight excluding hydrogens is 244 g/mol. The summed E-state index contributed by atoms with van der Waals surface area (Å²) in [7, 11) is 0. The van der Waals surface area contributed by atoms with Crippen molar-refractivity contribution in [3.63, 3.8) is 0 Å². The van der Waals surface area contributed by atoms with Crippen molar-refractivity contribution in [2.75, 3.05) is 5.75 Å². The molecule has 2 heterocycles. The molecule has 90 valence electrons. The summed E-state index contributed by atoms with van der Waals surface area (Å²) in [6.45, 7) is 3.69. The fourth-order valence-corrected chi connectivity index (χ4v) is 2.52. The van der Waals surface area contributed by atoms with Crippen LogP contribution in [0.4, 0.5) is 0 Å². The molecule has 0 amide bonds. The zero-order chi connectivity index (χ0) is 12.4. The second-order valence-corrected chi connectivity index (χ2v) is 4.95. The van der Waals surface area contributed by atoms with Crippen molar-refractivity contribution in [1.82, 2.24) is 20.2 Å². The fraction of sp³-hybridized carbons (Fsp3) is 0.154. The van der Waals surface area contributed by atoms with Gasteiger partial charge in [0.1, 0.15) is 5.52 Å². The normalized spacial score (nSPS) is 11.1. The average molecular weight is 256 g/mol. The number of aromatic amines is 1. The molecule has 0 aliphatic carbocycles. The molecule has 2 aromatic heterocycles. The average Bonchev–Trinajstić information content (AvgIpc) is 2.76. The minimum Gasteiger partial charge on any atom is -0.338 e. The highest BCUT2D eigenvalue weighted by molar-refractivity contribution is 7.99. The van der Waals surface area contributed by atoms with Crippen molar-refractivity contribution >= 4 is 33.8 Å². The Morgan fingerprint density at radius 2 is 2.17 bits per heavy atom. The second kappa shape index (κ2) is 4.78. The number of aromatic nitrogens is 4. The summed E-state index contributed by atoms with van der Waals surface area (Å²) in [5, 5.41) is 10.2. The van der Waals surface area contributed by atoms with Crippen LogP contribution in [0, 0.1) is 0 Å². The van der Waals surface area contributed by atoms with Gasteiger partial charge in [0.05, 0.1) is 0 Å². The Hall–Kier alpha value is -1.88. The first-order valence-corrected chi connectivity index (χ1v) is 6.72. The van der Waals surface area contributed by atoms with Crippen molar-refractivity contribution in [3.05, 3.63) is 36.9 Å². The quantitative estimate of drug-likeness (QED) is 0.442. The standard InChI is InChI=1S/C13H12N4S/c1-2-3-8-18-13-15-12-11(16-17-13)9-6-4-5-7-10(9)14-12/h2,4-7H,1,3,8H2,(H,14,15,17). The molecule has 0 bridgehead atoms. The van der Waals surface area contributed by atoms with Crippen molar-refractivity contribution in [2.24, 2.45) is 0 Å². The molecule has 0 atom stereocenters. The summed E-state index contributed by atoms with van der Waals surface area (Å²) < 4.78 is 0. The van der Waals surface area contributed by atoms with Crippen molar-refractivity contribution in [2.45, 2.75) is 11.6 Å². The Morgan fingerprint density at radius 1 is 1.28 bits per heavy atom. The number of hydrogen-bond donors (Lipinski definition) is 1. The molecule has 4 nitrogen and oxygen atoms in total. The minimum absolute atomic E-state index is 0.705. The maximum Gasteiger partial charge on any atom is 0.211 e. The summed E-state index contributed by atoms with van der Waals surface area (Å²) in [6.07, 6.45) is 2.83. The monoisotopic (exact) mass is 256 g/mol. The molecule has 0 saturated carbocycles. The van der Waals surface area contributed by atoms with Crippen LogP contribution in [-0.4, -0.2) is 25.9 Å². The van der Waals surface area contributed by atoms with Gasteiger partial charge in [-0.2, -0.15) is 0 Å². The SMILES string of the molecule is C=CCCSc1nnc2c(n1)[nH]c1ccccc12. The van der Waals surface area contributed by atoms with Gasteiger partial charge in [-0.25, -0.2) is 4.98 Å². The number of fused-ring (bicyclic) bond motifs is 3. The zero-order valence-corrected chi connectivity index (χ0v) is 10.6. The van der Waals surface area contributed by atoms with Crippen molar-refractivity contribution < 1.29 is 0 Å². The Kier molecular flexibility index (Phi) is 2.98. The molecule has 18 heavy (non-hydrogen) atoms. The Morgan fingerprint density at radius 3 is 3.06 bits per heavy atom. The molecule has 3 rings (SSSR count). The van der Waals surface area contributed by atoms with Gasteiger partial charge in [-0.1, -0.05) is 36.0 Å². The van der Waals surface area contributed by atoms with Crippen LogP contribution in [0.15, 0.2) is 42.1 Å². The van der Waals surface area contributed by atoms with Crippen LogP contribution in [0.1, 0.15) is 6.42 Å². The maximum atomic E-state index is 4.48. The number of rotatable bonds is 4. The van der Waals surface area contributed by atoms with Crippen LogP contribution in [0.2, 0.25) is 0 Å². The first-order chi connectivity index (χ1) is 8.88. The van der Waals surface area contributed by atoms with Crippen LogP contribution >= 0.6 is 11.8 Å². The highest BCUT2D eigenvalue weighted by atomic mass is 32.2. The van der Waals surface area contributed by atoms with Crippen LogP contribution in [0.25, 0.3) is 22.1 Å². The second-order valence-electron chi connectivity index (χ2n) is 3.89. The van der Waals surface area contributed by atoms with E-state index < -0.39 is 0 Å². The van der Waals surface area contributed by atoms with E-state index in [0.717, 1.165) is 34.2 Å². The van der Waals surface area contributed by atoms with Gasteiger partial charge < -0.3 is 4.98 Å². The molecule has 3 aromatic rings. The number of benzene rings is 1. The molecule has 0 unspecified atom stereocenters. The predicted molar refractivity (Wildman–Crippen MR) is 74.7 cm³/mol. The molecule has 5 heteroatoms. The molecule has 0 spiro atoms. The Balaban J connectivity index is 2.01. The molecule has 0 fully saturated rings. The number of para-hydroxylation sites is 1. The molecule has 0 radical (unpaired) electrons. The molecule has 1 aromatic carbocycles. The smallest absolute Gasteiger partial charge is 0.211 e. The van der Waals surface area contributed by atoms with Gasteiger partial charge >= 0.3 is 0 Å². The lowest BCUT2D eigenvalue weighted by Crippen LogP contribution is -1.91. The third-order valence-electron chi connectivity index (χ3n) is 2.66. The van der Waals surface area contributed by atoms with Crippen molar-refractivity contribution in [3.8, 4) is 0 Å². The summed E-state index contributed by atoms with van der Waals surface area (Å²) in [5.41, 5.74) is 2.67. The van der Waals surface area contributed by atoms with Gasteiger partial charge in [-0.15, -0.1) is 16.8 Å². The van der Waals surface area contributed by atoms with E-state index in [9.17, 15) is 0 Å². The van der Waals surface area contributed by atoms with Gasteiger partial charge in [0, 0.05) is 16.7 Å². The number of hydrogen-bond acceptors (Lipinski definition) is 4. The highest BCUT2D eigenvalue weighted by Gasteiger charge is 2.08. The summed E-state index contributed by atoms with van der Waals surface area (Å²) in [4.78, 5) is 7.75. The summed E-state index contributed by atoms with van der Waals surface area (Å²) in [6, 6.07) is 8.02. The van der Waals surface area contributed by atoms with Gasteiger partial charge in [-0.3, -0.25) is 0 Å². The van der Waals surface area contributed by atoms with Crippen LogP contribution in [0.5, 0.6) is 0 Å². The third-order valence-corrected chi connectivity index (χ3v) is 3.53. The number of nitrogens with one attached hydrogen (secondary N) is 1. The first-order valence-electron chi connectivity index (χ1n) is 5.73. The molecule has 1 N–H and O–H groups in total. The van der Waals surface area contributed by atoms with Gasteiger partial charge in [0.25, 0.3) is 0 Å². The third kappa shape index (κ3) is 1.97.